The quantitative estimate of drug-likeness (QED) is 0.559. The molecule has 3 aliphatic rings. The number of rotatable bonds is 8. The number of hydrogen-bond acceptors (Lipinski definition) is 5. The number of pyridine rings is 1. The molecule has 5 rings (SSSR count). The number of likely N-dealkylation sites (tertiary alicyclic amines) is 1. The molecular weight excluding hydrogens is 409 g/mol. The van der Waals surface area contributed by atoms with Crippen LogP contribution in [0.3, 0.4) is 0 Å². The summed E-state index contributed by atoms with van der Waals surface area (Å²) in [5.41, 5.74) is 1.66. The molecular formula is C25H36FN3O3. The van der Waals surface area contributed by atoms with Crippen LogP contribution in [0.25, 0.3) is 11.0 Å². The molecule has 5 atom stereocenters. The molecule has 5 unspecified atom stereocenters. The maximum absolute atomic E-state index is 15.3. The summed E-state index contributed by atoms with van der Waals surface area (Å²) >= 11 is 0. The van der Waals surface area contributed by atoms with Crippen molar-refractivity contribution in [2.24, 2.45) is 5.41 Å². The molecule has 0 radical (unpaired) electrons. The highest BCUT2D eigenvalue weighted by Gasteiger charge is 2.46. The summed E-state index contributed by atoms with van der Waals surface area (Å²) in [6, 6.07) is 0.535. The number of halogens is 1. The Hall–Kier alpha value is -1.70. The van der Waals surface area contributed by atoms with E-state index in [0.717, 1.165) is 37.7 Å². The Morgan fingerprint density at radius 3 is 2.91 bits per heavy atom. The predicted molar refractivity (Wildman–Crippen MR) is 121 cm³/mol. The molecule has 1 aliphatic heterocycles. The van der Waals surface area contributed by atoms with E-state index in [1.165, 1.54) is 19.0 Å². The highest BCUT2D eigenvalue weighted by Crippen LogP contribution is 2.48. The van der Waals surface area contributed by atoms with Gasteiger partial charge in [-0.15, -0.1) is 0 Å². The number of aromatic nitrogens is 2. The highest BCUT2D eigenvalue weighted by atomic mass is 19.1. The number of nitrogens with zero attached hydrogens (tertiary/aromatic N) is 2. The van der Waals surface area contributed by atoms with Crippen molar-refractivity contribution < 1.29 is 19.3 Å². The van der Waals surface area contributed by atoms with Crippen molar-refractivity contribution in [2.75, 3.05) is 6.61 Å². The average Bonchev–Trinajstić information content (AvgIpc) is 3.44. The lowest BCUT2D eigenvalue weighted by Crippen LogP contribution is -2.58. The Kier molecular flexibility index (Phi) is 5.93. The largest absolute Gasteiger partial charge is 0.486 e. The molecule has 0 amide bonds. The molecule has 7 heteroatoms. The molecule has 2 saturated carbocycles. The van der Waals surface area contributed by atoms with E-state index in [2.05, 4.69) is 21.8 Å². The van der Waals surface area contributed by atoms with Crippen LogP contribution in [0.15, 0.2) is 12.4 Å². The zero-order valence-electron chi connectivity index (χ0n) is 19.2. The number of aliphatic hydroxyl groups excluding tert-OH is 2. The number of piperidine rings is 1. The Labute approximate surface area is 189 Å². The van der Waals surface area contributed by atoms with Crippen LogP contribution in [0.4, 0.5) is 4.39 Å². The van der Waals surface area contributed by atoms with Crippen LogP contribution in [0.1, 0.15) is 83.1 Å². The first-order valence-electron chi connectivity index (χ1n) is 12.3. The zero-order valence-corrected chi connectivity index (χ0v) is 19.2. The first kappa shape index (κ1) is 22.1. The van der Waals surface area contributed by atoms with Crippen LogP contribution in [-0.2, 0) is 0 Å². The van der Waals surface area contributed by atoms with E-state index in [0.29, 0.717) is 35.3 Å². The minimum atomic E-state index is -0.624. The van der Waals surface area contributed by atoms with E-state index < -0.39 is 6.23 Å². The fraction of sp³-hybridized carbons (Fsp3) is 0.720. The number of ether oxygens (including phenoxy) is 1. The second-order valence-electron chi connectivity index (χ2n) is 10.7. The molecule has 176 valence electrons. The molecule has 0 aromatic carbocycles. The van der Waals surface area contributed by atoms with Gasteiger partial charge in [-0.3, -0.25) is 4.90 Å². The Morgan fingerprint density at radius 1 is 1.34 bits per heavy atom. The number of aromatic amines is 1. The fourth-order valence-electron chi connectivity index (χ4n) is 6.30. The third kappa shape index (κ3) is 4.15. The topological polar surface area (TPSA) is 81.6 Å². The van der Waals surface area contributed by atoms with Gasteiger partial charge in [0.05, 0.1) is 17.7 Å². The normalized spacial score (nSPS) is 30.4. The van der Waals surface area contributed by atoms with Crippen molar-refractivity contribution in [1.82, 2.24) is 14.9 Å². The van der Waals surface area contributed by atoms with E-state index in [4.69, 9.17) is 4.74 Å². The Balaban J connectivity index is 1.37. The first-order valence-corrected chi connectivity index (χ1v) is 12.3. The summed E-state index contributed by atoms with van der Waals surface area (Å²) in [6.45, 7) is 4.53. The number of H-pyrrole nitrogens is 1. The molecule has 3 N–H and O–H groups in total. The van der Waals surface area contributed by atoms with Crippen molar-refractivity contribution in [3.05, 3.63) is 23.8 Å². The van der Waals surface area contributed by atoms with Gasteiger partial charge in [0.1, 0.15) is 11.9 Å². The van der Waals surface area contributed by atoms with Crippen molar-refractivity contribution in [1.29, 1.82) is 0 Å². The predicted octanol–water partition coefficient (Wildman–Crippen LogP) is 4.46. The van der Waals surface area contributed by atoms with Gasteiger partial charge in [0, 0.05) is 24.9 Å². The standard InChI is InChI=1S/C25H36FN3O3/c1-15(19-13-27-24-22(19)23(26)20(14-28-24)32-18-5-6-18)10-21(31)29-16-4-3-8-25(2,11-16)12-17(29)7-9-30/h13-18,21,30-31H,3-12H2,1-2H3,(H,27,28). The van der Waals surface area contributed by atoms with E-state index in [9.17, 15) is 10.2 Å². The molecule has 0 spiro atoms. The summed E-state index contributed by atoms with van der Waals surface area (Å²) in [4.78, 5) is 9.71. The van der Waals surface area contributed by atoms with E-state index in [1.807, 2.05) is 13.1 Å². The van der Waals surface area contributed by atoms with Crippen molar-refractivity contribution >= 4 is 11.0 Å². The second kappa shape index (κ2) is 8.58. The van der Waals surface area contributed by atoms with Gasteiger partial charge in [-0.25, -0.2) is 9.37 Å². The van der Waals surface area contributed by atoms with Gasteiger partial charge in [0.25, 0.3) is 0 Å². The molecule has 6 nitrogen and oxygen atoms in total. The fourth-order valence-corrected chi connectivity index (χ4v) is 6.30. The summed E-state index contributed by atoms with van der Waals surface area (Å²) in [6.07, 6.45) is 11.5. The smallest absolute Gasteiger partial charge is 0.177 e. The van der Waals surface area contributed by atoms with Crippen LogP contribution in [0.2, 0.25) is 0 Å². The summed E-state index contributed by atoms with van der Waals surface area (Å²) < 4.78 is 21.0. The van der Waals surface area contributed by atoms with E-state index >= 15 is 4.39 Å². The second-order valence-corrected chi connectivity index (χ2v) is 10.7. The summed E-state index contributed by atoms with van der Waals surface area (Å²) in [7, 11) is 0. The van der Waals surface area contributed by atoms with Crippen molar-refractivity contribution in [3.8, 4) is 5.75 Å². The molecule has 3 heterocycles. The van der Waals surface area contributed by atoms with Crippen LogP contribution in [-0.4, -0.2) is 56.1 Å². The number of aliphatic hydroxyl groups is 2. The highest BCUT2D eigenvalue weighted by molar-refractivity contribution is 5.82. The lowest BCUT2D eigenvalue weighted by Gasteiger charge is -2.54. The van der Waals surface area contributed by atoms with Gasteiger partial charge in [-0.05, 0) is 68.3 Å². The van der Waals surface area contributed by atoms with Crippen molar-refractivity contribution in [3.63, 3.8) is 0 Å². The van der Waals surface area contributed by atoms with Gasteiger partial charge in [0.2, 0.25) is 0 Å². The molecule has 3 fully saturated rings. The molecule has 2 aromatic heterocycles. The number of nitrogens with one attached hydrogen (secondary N) is 1. The van der Waals surface area contributed by atoms with E-state index in [-0.39, 0.29) is 36.2 Å². The average molecular weight is 446 g/mol. The van der Waals surface area contributed by atoms with Crippen LogP contribution in [0, 0.1) is 11.2 Å². The van der Waals surface area contributed by atoms with Gasteiger partial charge >= 0.3 is 0 Å². The summed E-state index contributed by atoms with van der Waals surface area (Å²) in [5, 5.41) is 21.5. The summed E-state index contributed by atoms with van der Waals surface area (Å²) in [5.74, 6) is -0.203. The van der Waals surface area contributed by atoms with Gasteiger partial charge in [-0.2, -0.15) is 0 Å². The lowest BCUT2D eigenvalue weighted by molar-refractivity contribution is -0.125. The monoisotopic (exact) mass is 445 g/mol. The molecule has 2 aliphatic carbocycles. The molecule has 1 saturated heterocycles. The van der Waals surface area contributed by atoms with E-state index in [1.54, 1.807) is 0 Å². The molecule has 2 bridgehead atoms. The first-order chi connectivity index (χ1) is 15.4. The SMILES string of the molecule is CC(CC(O)N1C(CCO)CC2(C)CCCC1C2)c1c[nH]c2ncc(OC3CC3)c(F)c12. The van der Waals surface area contributed by atoms with Crippen LogP contribution < -0.4 is 4.74 Å². The Morgan fingerprint density at radius 2 is 2.16 bits per heavy atom. The molecule has 2 aromatic rings. The zero-order chi connectivity index (χ0) is 22.5. The van der Waals surface area contributed by atoms with Crippen molar-refractivity contribution in [2.45, 2.75) is 102 Å². The third-order valence-electron chi connectivity index (χ3n) is 7.97. The number of hydrogen-bond donors (Lipinski definition) is 3. The Bertz CT molecular complexity index is 961. The van der Waals surface area contributed by atoms with Gasteiger partial charge in [0.15, 0.2) is 11.6 Å². The van der Waals surface area contributed by atoms with Crippen LogP contribution in [0.5, 0.6) is 5.75 Å². The van der Waals surface area contributed by atoms with Gasteiger partial charge < -0.3 is 19.9 Å². The molecule has 32 heavy (non-hydrogen) atoms. The minimum Gasteiger partial charge on any atom is -0.486 e. The third-order valence-corrected chi connectivity index (χ3v) is 7.97. The number of fused-ring (bicyclic) bond motifs is 3. The van der Waals surface area contributed by atoms with Crippen LogP contribution >= 0.6 is 0 Å². The minimum absolute atomic E-state index is 0.0575. The lowest BCUT2D eigenvalue weighted by atomic mass is 9.65. The maximum Gasteiger partial charge on any atom is 0.177 e. The van der Waals surface area contributed by atoms with Gasteiger partial charge in [-0.1, -0.05) is 20.3 Å². The maximum atomic E-state index is 15.3.